The smallest absolute Gasteiger partial charge is 0.221 e. The van der Waals surface area contributed by atoms with E-state index in [9.17, 15) is 4.79 Å². The molecule has 7 heteroatoms. The van der Waals surface area contributed by atoms with Gasteiger partial charge in [0.2, 0.25) is 5.91 Å². The molecule has 0 aliphatic heterocycles. The van der Waals surface area contributed by atoms with Crippen LogP contribution in [0.25, 0.3) is 5.69 Å². The monoisotopic (exact) mass is 325 g/mol. The van der Waals surface area contributed by atoms with E-state index in [1.165, 1.54) is 6.92 Å². The lowest BCUT2D eigenvalue weighted by atomic mass is 10.3. The standard InChI is InChI=1S/C16H15N5OS/c1-12(22)17-13-7-9-15(10-8-13)23-11-16-18-19-20-21(16)14-5-3-2-4-6-14/h2-10H,11H2,1H3,(H,17,22). The Balaban J connectivity index is 1.67. The van der Waals surface area contributed by atoms with E-state index >= 15 is 0 Å². The van der Waals surface area contributed by atoms with Crippen molar-refractivity contribution in [2.75, 3.05) is 5.32 Å². The van der Waals surface area contributed by atoms with E-state index in [-0.39, 0.29) is 5.91 Å². The van der Waals surface area contributed by atoms with Gasteiger partial charge in [0.25, 0.3) is 0 Å². The molecule has 0 atom stereocenters. The fraction of sp³-hybridized carbons (Fsp3) is 0.125. The molecule has 0 fully saturated rings. The fourth-order valence-electron chi connectivity index (χ4n) is 2.05. The molecule has 3 rings (SSSR count). The van der Waals surface area contributed by atoms with Gasteiger partial charge in [-0.05, 0) is 46.8 Å². The Morgan fingerprint density at radius 1 is 1.13 bits per heavy atom. The van der Waals surface area contributed by atoms with Gasteiger partial charge >= 0.3 is 0 Å². The number of hydrogen-bond donors (Lipinski definition) is 1. The number of nitrogens with one attached hydrogen (secondary N) is 1. The van der Waals surface area contributed by atoms with Gasteiger partial charge in [-0.15, -0.1) is 16.9 Å². The van der Waals surface area contributed by atoms with Gasteiger partial charge in [-0.3, -0.25) is 4.79 Å². The van der Waals surface area contributed by atoms with Crippen LogP contribution in [0.5, 0.6) is 0 Å². The van der Waals surface area contributed by atoms with Crippen LogP contribution in [-0.2, 0) is 10.5 Å². The van der Waals surface area contributed by atoms with Crippen LogP contribution in [-0.4, -0.2) is 26.1 Å². The van der Waals surface area contributed by atoms with Crippen LogP contribution in [0.2, 0.25) is 0 Å². The molecule has 0 aliphatic rings. The number of rotatable bonds is 5. The summed E-state index contributed by atoms with van der Waals surface area (Å²) >= 11 is 1.64. The minimum Gasteiger partial charge on any atom is -0.326 e. The summed E-state index contributed by atoms with van der Waals surface area (Å²) in [5, 5.41) is 14.6. The molecule has 0 unspecified atom stereocenters. The Bertz CT molecular complexity index is 786. The molecule has 6 nitrogen and oxygen atoms in total. The quantitative estimate of drug-likeness (QED) is 0.730. The van der Waals surface area contributed by atoms with Crippen molar-refractivity contribution in [1.29, 1.82) is 0 Å². The van der Waals surface area contributed by atoms with Gasteiger partial charge in [-0.25, -0.2) is 0 Å². The average Bonchev–Trinajstić information content (AvgIpc) is 3.03. The molecule has 0 saturated heterocycles. The molecular formula is C16H15N5OS. The molecule has 3 aromatic rings. The van der Waals surface area contributed by atoms with Crippen molar-refractivity contribution in [2.24, 2.45) is 0 Å². The summed E-state index contributed by atoms with van der Waals surface area (Å²) in [6.45, 7) is 1.49. The maximum Gasteiger partial charge on any atom is 0.221 e. The first kappa shape index (κ1) is 15.2. The maximum absolute atomic E-state index is 11.0. The van der Waals surface area contributed by atoms with Gasteiger partial charge in [0.05, 0.1) is 11.4 Å². The third-order valence-corrected chi connectivity index (χ3v) is 4.09. The largest absolute Gasteiger partial charge is 0.326 e. The van der Waals surface area contributed by atoms with Crippen LogP contribution < -0.4 is 5.32 Å². The highest BCUT2D eigenvalue weighted by molar-refractivity contribution is 7.98. The third kappa shape index (κ3) is 3.95. The SMILES string of the molecule is CC(=O)Nc1ccc(SCc2nnnn2-c2ccccc2)cc1. The Labute approximate surface area is 137 Å². The number of amides is 1. The van der Waals surface area contributed by atoms with Crippen molar-refractivity contribution in [3.8, 4) is 5.69 Å². The lowest BCUT2D eigenvalue weighted by Gasteiger charge is -2.05. The second kappa shape index (κ2) is 7.06. The molecule has 116 valence electrons. The minimum atomic E-state index is -0.0764. The van der Waals surface area contributed by atoms with Crippen LogP contribution in [0.15, 0.2) is 59.5 Å². The van der Waals surface area contributed by atoms with E-state index in [0.717, 1.165) is 22.1 Å². The van der Waals surface area contributed by atoms with Crippen molar-refractivity contribution >= 4 is 23.4 Å². The van der Waals surface area contributed by atoms with Crippen LogP contribution in [0, 0.1) is 0 Å². The molecule has 0 bridgehead atoms. The first-order valence-corrected chi connectivity index (χ1v) is 8.04. The number of anilines is 1. The van der Waals surface area contributed by atoms with Crippen molar-refractivity contribution in [2.45, 2.75) is 17.6 Å². The van der Waals surface area contributed by atoms with Gasteiger partial charge in [0.1, 0.15) is 0 Å². The van der Waals surface area contributed by atoms with E-state index in [1.54, 1.807) is 16.4 Å². The number of para-hydroxylation sites is 1. The summed E-state index contributed by atoms with van der Waals surface area (Å²) in [7, 11) is 0. The van der Waals surface area contributed by atoms with Crippen LogP contribution in [0.4, 0.5) is 5.69 Å². The number of carbonyl (C=O) groups is 1. The first-order chi connectivity index (χ1) is 11.2. The third-order valence-electron chi connectivity index (χ3n) is 3.08. The highest BCUT2D eigenvalue weighted by Gasteiger charge is 2.08. The summed E-state index contributed by atoms with van der Waals surface area (Å²) in [6.07, 6.45) is 0. The summed E-state index contributed by atoms with van der Waals surface area (Å²) in [4.78, 5) is 12.1. The number of benzene rings is 2. The number of carbonyl (C=O) groups excluding carboxylic acids is 1. The molecule has 1 aromatic heterocycles. The van der Waals surface area contributed by atoms with E-state index < -0.39 is 0 Å². The lowest BCUT2D eigenvalue weighted by Crippen LogP contribution is -2.05. The Morgan fingerprint density at radius 3 is 2.57 bits per heavy atom. The molecule has 1 heterocycles. The number of hydrogen-bond acceptors (Lipinski definition) is 5. The van der Waals surface area contributed by atoms with Crippen molar-refractivity contribution in [3.63, 3.8) is 0 Å². The van der Waals surface area contributed by atoms with E-state index in [1.807, 2.05) is 54.6 Å². The predicted octanol–water partition coefficient (Wildman–Crippen LogP) is 2.91. The summed E-state index contributed by atoms with van der Waals surface area (Å²) in [5.74, 6) is 1.36. The Kier molecular flexibility index (Phi) is 4.68. The van der Waals surface area contributed by atoms with E-state index in [2.05, 4.69) is 20.8 Å². The number of thioether (sulfide) groups is 1. The normalized spacial score (nSPS) is 10.5. The topological polar surface area (TPSA) is 72.7 Å². The fourth-order valence-corrected chi connectivity index (χ4v) is 2.86. The second-order valence-corrected chi connectivity index (χ2v) is 5.89. The molecular weight excluding hydrogens is 310 g/mol. The first-order valence-electron chi connectivity index (χ1n) is 7.05. The number of nitrogens with zero attached hydrogens (tertiary/aromatic N) is 4. The van der Waals surface area contributed by atoms with Gasteiger partial charge in [0, 0.05) is 17.5 Å². The van der Waals surface area contributed by atoms with Crippen molar-refractivity contribution in [3.05, 3.63) is 60.4 Å². The molecule has 0 spiro atoms. The second-order valence-electron chi connectivity index (χ2n) is 4.84. The molecule has 1 N–H and O–H groups in total. The molecule has 1 amide bonds. The highest BCUT2D eigenvalue weighted by Crippen LogP contribution is 2.24. The van der Waals surface area contributed by atoms with Crippen LogP contribution in [0.1, 0.15) is 12.7 Å². The average molecular weight is 325 g/mol. The molecule has 2 aromatic carbocycles. The predicted molar refractivity (Wildman–Crippen MR) is 89.5 cm³/mol. The van der Waals surface area contributed by atoms with Gasteiger partial charge in [-0.1, -0.05) is 18.2 Å². The van der Waals surface area contributed by atoms with Crippen molar-refractivity contribution < 1.29 is 4.79 Å². The van der Waals surface area contributed by atoms with Crippen LogP contribution >= 0.6 is 11.8 Å². The van der Waals surface area contributed by atoms with E-state index in [0.29, 0.717) is 5.75 Å². The summed E-state index contributed by atoms with van der Waals surface area (Å²) < 4.78 is 1.73. The zero-order chi connectivity index (χ0) is 16.1. The van der Waals surface area contributed by atoms with Gasteiger partial charge < -0.3 is 5.32 Å². The Morgan fingerprint density at radius 2 is 1.87 bits per heavy atom. The zero-order valence-electron chi connectivity index (χ0n) is 12.5. The molecule has 23 heavy (non-hydrogen) atoms. The minimum absolute atomic E-state index is 0.0764. The molecule has 0 saturated carbocycles. The van der Waals surface area contributed by atoms with Gasteiger partial charge in [-0.2, -0.15) is 4.68 Å². The number of tetrazole rings is 1. The molecule has 0 aliphatic carbocycles. The van der Waals surface area contributed by atoms with E-state index in [4.69, 9.17) is 0 Å². The van der Waals surface area contributed by atoms with Gasteiger partial charge in [0.15, 0.2) is 5.82 Å². The zero-order valence-corrected chi connectivity index (χ0v) is 13.3. The Hall–Kier alpha value is -2.67. The highest BCUT2D eigenvalue weighted by atomic mass is 32.2. The summed E-state index contributed by atoms with van der Waals surface area (Å²) in [6, 6.07) is 17.5. The lowest BCUT2D eigenvalue weighted by molar-refractivity contribution is -0.114. The van der Waals surface area contributed by atoms with Crippen LogP contribution in [0.3, 0.4) is 0 Å². The molecule has 0 radical (unpaired) electrons. The maximum atomic E-state index is 11.0. The number of aromatic nitrogens is 4. The van der Waals surface area contributed by atoms with Crippen molar-refractivity contribution in [1.82, 2.24) is 20.2 Å². The summed E-state index contributed by atoms with van der Waals surface area (Å²) in [5.41, 5.74) is 1.73.